The molecule has 142 valence electrons. The first kappa shape index (κ1) is 19.7. The van der Waals surface area contributed by atoms with Crippen LogP contribution in [0.3, 0.4) is 0 Å². The fourth-order valence-corrected chi connectivity index (χ4v) is 2.95. The summed E-state index contributed by atoms with van der Waals surface area (Å²) in [6.07, 6.45) is 1.60. The van der Waals surface area contributed by atoms with E-state index in [0.29, 0.717) is 18.0 Å². The highest BCUT2D eigenvalue weighted by Crippen LogP contribution is 2.17. The van der Waals surface area contributed by atoms with Crippen LogP contribution < -0.4 is 15.8 Å². The Morgan fingerprint density at radius 2 is 2.15 bits per heavy atom. The molecule has 1 saturated heterocycles. The molecule has 0 bridgehead atoms. The van der Waals surface area contributed by atoms with E-state index in [4.69, 9.17) is 10.5 Å². The van der Waals surface area contributed by atoms with Gasteiger partial charge in [0.2, 0.25) is 17.7 Å². The molecule has 3 N–H and O–H groups in total. The Morgan fingerprint density at radius 3 is 2.85 bits per heavy atom. The minimum absolute atomic E-state index is 0.0524. The Hall–Kier alpha value is -2.61. The number of amides is 3. The summed E-state index contributed by atoms with van der Waals surface area (Å²) in [4.78, 5) is 39.1. The number of piperidine rings is 1. The van der Waals surface area contributed by atoms with Crippen molar-refractivity contribution in [1.29, 1.82) is 0 Å². The second kappa shape index (κ2) is 9.19. The molecular weight excluding hydrogens is 336 g/mol. The van der Waals surface area contributed by atoms with E-state index in [2.05, 4.69) is 5.32 Å². The zero-order valence-electron chi connectivity index (χ0n) is 15.2. The third-order valence-electron chi connectivity index (χ3n) is 4.43. The van der Waals surface area contributed by atoms with Gasteiger partial charge in [-0.3, -0.25) is 19.3 Å². The molecule has 0 unspecified atom stereocenters. The van der Waals surface area contributed by atoms with Crippen LogP contribution in [0.25, 0.3) is 0 Å². The Morgan fingerprint density at radius 1 is 1.38 bits per heavy atom. The predicted octanol–water partition coefficient (Wildman–Crippen LogP) is 0.289. The number of rotatable bonds is 7. The molecule has 0 radical (unpaired) electrons. The van der Waals surface area contributed by atoms with Gasteiger partial charge in [0.15, 0.2) is 0 Å². The molecule has 26 heavy (non-hydrogen) atoms. The zero-order chi connectivity index (χ0) is 19.1. The summed E-state index contributed by atoms with van der Waals surface area (Å²) in [5, 5.41) is 2.74. The van der Waals surface area contributed by atoms with E-state index in [1.54, 1.807) is 38.4 Å². The van der Waals surface area contributed by atoms with Crippen LogP contribution in [0, 0.1) is 5.92 Å². The summed E-state index contributed by atoms with van der Waals surface area (Å²) in [5.41, 5.74) is 5.96. The highest BCUT2D eigenvalue weighted by atomic mass is 16.5. The molecule has 1 heterocycles. The monoisotopic (exact) mass is 362 g/mol. The molecule has 3 amide bonds. The topological polar surface area (TPSA) is 105 Å². The highest BCUT2D eigenvalue weighted by Gasteiger charge is 2.26. The van der Waals surface area contributed by atoms with Gasteiger partial charge >= 0.3 is 0 Å². The normalized spacial score (nSPS) is 17.4. The maximum absolute atomic E-state index is 12.3. The number of likely N-dealkylation sites (N-methyl/N-ethyl adjacent to an activating group) is 1. The van der Waals surface area contributed by atoms with Crippen LogP contribution in [0.15, 0.2) is 24.3 Å². The molecule has 1 fully saturated rings. The number of nitrogens with one attached hydrogen (secondary N) is 1. The molecule has 0 saturated carbocycles. The number of hydrogen-bond acceptors (Lipinski definition) is 5. The lowest BCUT2D eigenvalue weighted by molar-refractivity contribution is -0.135. The average molecular weight is 362 g/mol. The molecule has 1 aromatic rings. The summed E-state index contributed by atoms with van der Waals surface area (Å²) in [6.45, 7) is 1.36. The number of anilines is 1. The quantitative estimate of drug-likeness (QED) is 0.725. The van der Waals surface area contributed by atoms with Crippen molar-refractivity contribution in [2.24, 2.45) is 11.7 Å². The van der Waals surface area contributed by atoms with Crippen LogP contribution >= 0.6 is 0 Å². The van der Waals surface area contributed by atoms with Crippen molar-refractivity contribution in [2.45, 2.75) is 12.8 Å². The van der Waals surface area contributed by atoms with Crippen LogP contribution in [0.4, 0.5) is 5.69 Å². The van der Waals surface area contributed by atoms with Crippen LogP contribution in [0.5, 0.6) is 5.75 Å². The number of primary amides is 1. The number of nitrogens with zero attached hydrogens (tertiary/aromatic N) is 2. The molecule has 0 aromatic heterocycles. The first-order valence-corrected chi connectivity index (χ1v) is 8.58. The molecule has 1 aromatic carbocycles. The van der Waals surface area contributed by atoms with Gasteiger partial charge in [-0.2, -0.15) is 0 Å². The van der Waals surface area contributed by atoms with E-state index in [0.717, 1.165) is 19.4 Å². The third kappa shape index (κ3) is 5.73. The van der Waals surface area contributed by atoms with Gasteiger partial charge in [-0.25, -0.2) is 0 Å². The van der Waals surface area contributed by atoms with Gasteiger partial charge in [0.05, 0.1) is 26.1 Å². The molecule has 1 aliphatic heterocycles. The van der Waals surface area contributed by atoms with Crippen molar-refractivity contribution >= 4 is 23.4 Å². The Kier molecular flexibility index (Phi) is 6.97. The smallest absolute Gasteiger partial charge is 0.243 e. The predicted molar refractivity (Wildman–Crippen MR) is 97.6 cm³/mol. The van der Waals surface area contributed by atoms with Crippen molar-refractivity contribution in [3.05, 3.63) is 24.3 Å². The van der Waals surface area contributed by atoms with Gasteiger partial charge in [0.25, 0.3) is 0 Å². The first-order chi connectivity index (χ1) is 12.4. The summed E-state index contributed by atoms with van der Waals surface area (Å²) in [7, 11) is 3.14. The number of methoxy groups -OCH3 is 1. The average Bonchev–Trinajstić information content (AvgIpc) is 2.61. The van der Waals surface area contributed by atoms with E-state index >= 15 is 0 Å². The second-order valence-corrected chi connectivity index (χ2v) is 6.51. The number of nitrogens with two attached hydrogens (primary N) is 1. The summed E-state index contributed by atoms with van der Waals surface area (Å²) >= 11 is 0. The number of carbonyl (C=O) groups excluding carboxylic acids is 3. The Balaban J connectivity index is 1.82. The number of likely N-dealkylation sites (tertiary alicyclic amines) is 1. The van der Waals surface area contributed by atoms with Gasteiger partial charge in [0.1, 0.15) is 5.75 Å². The lowest BCUT2D eigenvalue weighted by atomic mass is 9.97. The molecule has 0 aliphatic carbocycles. The zero-order valence-corrected chi connectivity index (χ0v) is 15.2. The highest BCUT2D eigenvalue weighted by molar-refractivity contribution is 5.94. The Labute approximate surface area is 153 Å². The van der Waals surface area contributed by atoms with E-state index in [9.17, 15) is 14.4 Å². The molecule has 1 atom stereocenters. The van der Waals surface area contributed by atoms with E-state index in [1.165, 1.54) is 4.90 Å². The van der Waals surface area contributed by atoms with Gasteiger partial charge in [0, 0.05) is 25.3 Å². The van der Waals surface area contributed by atoms with Crippen LogP contribution in [0.1, 0.15) is 12.8 Å². The van der Waals surface area contributed by atoms with Crippen LogP contribution in [-0.4, -0.2) is 67.9 Å². The molecule has 1 aliphatic rings. The Bertz CT molecular complexity index is 664. The van der Waals surface area contributed by atoms with Crippen LogP contribution in [-0.2, 0) is 14.4 Å². The molecular formula is C18H26N4O4. The van der Waals surface area contributed by atoms with E-state index in [1.807, 2.05) is 4.90 Å². The lowest BCUT2D eigenvalue weighted by Crippen LogP contribution is -2.47. The maximum Gasteiger partial charge on any atom is 0.243 e. The minimum atomic E-state index is -0.326. The second-order valence-electron chi connectivity index (χ2n) is 6.51. The number of benzene rings is 1. The fraction of sp³-hybridized carbons (Fsp3) is 0.500. The summed E-state index contributed by atoms with van der Waals surface area (Å²) < 4.78 is 5.11. The number of carbonyl (C=O) groups is 3. The van der Waals surface area contributed by atoms with Crippen molar-refractivity contribution < 1.29 is 19.1 Å². The third-order valence-corrected chi connectivity index (χ3v) is 4.43. The van der Waals surface area contributed by atoms with Crippen LogP contribution in [0.2, 0.25) is 0 Å². The van der Waals surface area contributed by atoms with Crippen molar-refractivity contribution in [2.75, 3.05) is 45.7 Å². The molecule has 8 nitrogen and oxygen atoms in total. The van der Waals surface area contributed by atoms with Crippen molar-refractivity contribution in [3.8, 4) is 5.75 Å². The summed E-state index contributed by atoms with van der Waals surface area (Å²) in [6, 6.07) is 7.01. The number of ether oxygens (including phenoxy) is 1. The van der Waals surface area contributed by atoms with E-state index in [-0.39, 0.29) is 36.7 Å². The van der Waals surface area contributed by atoms with Gasteiger partial charge < -0.3 is 20.7 Å². The number of hydrogen-bond donors (Lipinski definition) is 2. The largest absolute Gasteiger partial charge is 0.497 e. The van der Waals surface area contributed by atoms with E-state index < -0.39 is 0 Å². The van der Waals surface area contributed by atoms with Crippen molar-refractivity contribution in [1.82, 2.24) is 9.80 Å². The van der Waals surface area contributed by atoms with Gasteiger partial charge in [-0.15, -0.1) is 0 Å². The van der Waals surface area contributed by atoms with Gasteiger partial charge in [-0.1, -0.05) is 6.07 Å². The summed E-state index contributed by atoms with van der Waals surface area (Å²) in [5.74, 6) is -0.355. The fourth-order valence-electron chi connectivity index (χ4n) is 2.95. The minimum Gasteiger partial charge on any atom is -0.497 e. The molecule has 0 spiro atoms. The SMILES string of the molecule is COc1cccc(NC(=O)CN(C)C(=O)CN2CCC[C@@H](C(N)=O)C2)c1. The van der Waals surface area contributed by atoms with Gasteiger partial charge in [-0.05, 0) is 31.5 Å². The standard InChI is InChI=1S/C18H26N4O4/c1-21(11-16(23)20-14-6-3-7-15(9-14)26-2)17(24)12-22-8-4-5-13(10-22)18(19)25/h3,6-7,9,13H,4-5,8,10-12H2,1-2H3,(H2,19,25)(H,20,23)/t13-/m1/s1. The van der Waals surface area contributed by atoms with Crippen molar-refractivity contribution in [3.63, 3.8) is 0 Å². The maximum atomic E-state index is 12.3. The molecule has 8 heteroatoms. The first-order valence-electron chi connectivity index (χ1n) is 8.58. The lowest BCUT2D eigenvalue weighted by Gasteiger charge is -2.31. The molecule has 2 rings (SSSR count).